The lowest BCUT2D eigenvalue weighted by atomic mass is 10.0. The number of rotatable bonds is 24. The fourth-order valence-corrected chi connectivity index (χ4v) is 4.38. The summed E-state index contributed by atoms with van der Waals surface area (Å²) in [5.41, 5.74) is 3.91. The Kier molecular flexibility index (Phi) is 27.5. The summed E-state index contributed by atoms with van der Waals surface area (Å²) in [6, 6.07) is 0. The minimum absolute atomic E-state index is 0. The summed E-state index contributed by atoms with van der Waals surface area (Å²) < 4.78 is 16.4. The van der Waals surface area contributed by atoms with Gasteiger partial charge in [-0.3, -0.25) is 19.3 Å². The van der Waals surface area contributed by atoms with E-state index in [1.807, 2.05) is 0 Å². The zero-order chi connectivity index (χ0) is 32.6. The van der Waals surface area contributed by atoms with Crippen LogP contribution in [-0.4, -0.2) is 62.3 Å². The van der Waals surface area contributed by atoms with E-state index in [0.29, 0.717) is 37.6 Å². The van der Waals surface area contributed by atoms with Crippen molar-refractivity contribution in [3.8, 4) is 0 Å². The number of nitrogens with zero attached hydrogens (tertiary/aromatic N) is 1. The van der Waals surface area contributed by atoms with Gasteiger partial charge in [0, 0.05) is 0 Å². The predicted molar refractivity (Wildman–Crippen MR) is 187 cm³/mol. The molecule has 0 bridgehead atoms. The first kappa shape index (κ1) is 44.2. The molecule has 0 N–H and O–H groups in total. The molecule has 0 aromatic carbocycles. The highest BCUT2D eigenvalue weighted by Crippen LogP contribution is 2.14. The summed E-state index contributed by atoms with van der Waals surface area (Å²) in [6.07, 6.45) is 15.1. The lowest BCUT2D eigenvalue weighted by Crippen LogP contribution is -2.40. The third kappa shape index (κ3) is 28.8. The van der Waals surface area contributed by atoms with Gasteiger partial charge in [0.2, 0.25) is 0 Å². The van der Waals surface area contributed by atoms with Crippen LogP contribution in [0.2, 0.25) is 0 Å². The Morgan fingerprint density at radius 1 is 0.500 bits per heavy atom. The summed E-state index contributed by atoms with van der Waals surface area (Å²) >= 11 is 0. The zero-order valence-electron chi connectivity index (χ0n) is 29.4. The molecule has 0 aromatic rings. The molecule has 8 heteroatoms. The molecule has 0 spiro atoms. The summed E-state index contributed by atoms with van der Waals surface area (Å²) in [6.45, 7) is 19.4. The van der Waals surface area contributed by atoms with Crippen LogP contribution in [0.3, 0.4) is 0 Å². The Morgan fingerprint density at radius 2 is 0.750 bits per heavy atom. The molecule has 0 heterocycles. The molecule has 0 aliphatic carbocycles. The maximum absolute atomic E-state index is 12.6. The molecule has 0 fully saturated rings. The normalized spacial score (nSPS) is 12.7. The van der Waals surface area contributed by atoms with Crippen molar-refractivity contribution in [3.05, 3.63) is 34.9 Å². The fourth-order valence-electron chi connectivity index (χ4n) is 4.38. The van der Waals surface area contributed by atoms with Crippen LogP contribution in [0.15, 0.2) is 34.9 Å². The predicted octanol–water partition coefficient (Wildman–Crippen LogP) is 8.81. The first-order valence-corrected chi connectivity index (χ1v) is 16.4. The molecule has 0 saturated carbocycles. The quantitative estimate of drug-likeness (QED) is 0.0570. The largest absolute Gasteiger partial charge is 0.465 e. The molecule has 0 aliphatic rings. The van der Waals surface area contributed by atoms with Crippen LogP contribution in [0, 0.1) is 17.8 Å². The lowest BCUT2D eigenvalue weighted by Gasteiger charge is -2.20. The van der Waals surface area contributed by atoms with Crippen molar-refractivity contribution < 1.29 is 28.6 Å². The van der Waals surface area contributed by atoms with Crippen LogP contribution in [0.5, 0.6) is 0 Å². The maximum atomic E-state index is 12.6. The van der Waals surface area contributed by atoms with Gasteiger partial charge in [-0.25, -0.2) is 0 Å². The van der Waals surface area contributed by atoms with Crippen molar-refractivity contribution in [1.29, 1.82) is 0 Å². The topological polar surface area (TPSA) is 82.1 Å². The molecule has 0 aliphatic heterocycles. The molecule has 0 rings (SSSR count). The van der Waals surface area contributed by atoms with Crippen LogP contribution in [-0.2, 0) is 28.6 Å². The summed E-state index contributed by atoms with van der Waals surface area (Å²) in [7, 11) is 0. The van der Waals surface area contributed by atoms with Crippen molar-refractivity contribution >= 4 is 34.9 Å². The number of hydrogen-bond acceptors (Lipinski definition) is 7. The van der Waals surface area contributed by atoms with Crippen LogP contribution >= 0.6 is 17.0 Å². The van der Waals surface area contributed by atoms with E-state index in [-0.39, 0.29) is 36.6 Å². The average molecular weight is 687 g/mol. The van der Waals surface area contributed by atoms with E-state index >= 15 is 0 Å². The molecule has 7 nitrogen and oxygen atoms in total. The highest BCUT2D eigenvalue weighted by atomic mass is 79.9. The van der Waals surface area contributed by atoms with Crippen LogP contribution < -0.4 is 0 Å². The molecule has 3 atom stereocenters. The Hall–Kier alpha value is -1.93. The van der Waals surface area contributed by atoms with E-state index in [4.69, 9.17) is 14.2 Å². The average Bonchev–Trinajstić information content (AvgIpc) is 2.87. The molecule has 0 saturated heterocycles. The van der Waals surface area contributed by atoms with Gasteiger partial charge >= 0.3 is 17.9 Å². The van der Waals surface area contributed by atoms with Gasteiger partial charge < -0.3 is 14.2 Å². The molecular weight excluding hydrogens is 622 g/mol. The number of carbonyl (C=O) groups excluding carboxylic acids is 3. The van der Waals surface area contributed by atoms with Crippen molar-refractivity contribution in [2.45, 2.75) is 120 Å². The second-order valence-corrected chi connectivity index (χ2v) is 13.1. The summed E-state index contributed by atoms with van der Waals surface area (Å²) in [5.74, 6) is -0.0940. The van der Waals surface area contributed by atoms with Gasteiger partial charge in [-0.1, -0.05) is 55.7 Å². The SMILES string of the molecule is Br.CC(C)=CCCC(C)CCOC(=O)CN(CC(=O)OCCC(C)CCC=C(C)C)CC(=O)OCCC(C)CCC=C(C)C. The van der Waals surface area contributed by atoms with Crippen molar-refractivity contribution in [1.82, 2.24) is 4.90 Å². The second-order valence-electron chi connectivity index (χ2n) is 13.1. The van der Waals surface area contributed by atoms with Gasteiger partial charge in [-0.15, -0.1) is 17.0 Å². The van der Waals surface area contributed by atoms with Gasteiger partial charge in [0.25, 0.3) is 0 Å². The highest BCUT2D eigenvalue weighted by molar-refractivity contribution is 8.93. The number of hydrogen-bond donors (Lipinski definition) is 0. The number of halogens is 1. The number of allylic oxidation sites excluding steroid dienone is 6. The van der Waals surface area contributed by atoms with E-state index in [0.717, 1.165) is 57.8 Å². The van der Waals surface area contributed by atoms with Crippen molar-refractivity contribution in [3.63, 3.8) is 0 Å². The number of ether oxygens (including phenoxy) is 3. The van der Waals surface area contributed by atoms with Crippen LogP contribution in [0.1, 0.15) is 120 Å². The lowest BCUT2D eigenvalue weighted by molar-refractivity contribution is -0.152. The Labute approximate surface area is 280 Å². The molecule has 44 heavy (non-hydrogen) atoms. The summed E-state index contributed by atoms with van der Waals surface area (Å²) in [4.78, 5) is 39.3. The molecule has 0 radical (unpaired) electrons. The van der Waals surface area contributed by atoms with E-state index in [1.165, 1.54) is 21.6 Å². The van der Waals surface area contributed by atoms with Gasteiger partial charge in [0.1, 0.15) is 0 Å². The van der Waals surface area contributed by atoms with E-state index in [1.54, 1.807) is 0 Å². The number of esters is 3. The van der Waals surface area contributed by atoms with E-state index in [2.05, 4.69) is 80.5 Å². The number of carbonyl (C=O) groups is 3. The van der Waals surface area contributed by atoms with Gasteiger partial charge in [0.15, 0.2) is 0 Å². The third-order valence-corrected chi connectivity index (χ3v) is 7.32. The molecule has 256 valence electrons. The standard InChI is InChI=1S/C36H63NO6.BrH/c1-28(2)13-10-16-31(7)19-22-41-34(38)25-37(26-35(39)42-23-20-32(8)17-11-14-29(3)4)27-36(40)43-24-21-33(9)18-12-15-30(5)6;/h13-15,31-33H,10-12,16-27H2,1-9H3;1H. The first-order chi connectivity index (χ1) is 20.3. The molecule has 3 unspecified atom stereocenters. The summed E-state index contributed by atoms with van der Waals surface area (Å²) in [5, 5.41) is 0. The highest BCUT2D eigenvalue weighted by Gasteiger charge is 2.21. The molecule has 0 aromatic heterocycles. The van der Waals surface area contributed by atoms with Gasteiger partial charge in [-0.2, -0.15) is 0 Å². The maximum Gasteiger partial charge on any atom is 0.320 e. The Bertz CT molecular complexity index is 771. The second kappa shape index (κ2) is 27.4. The smallest absolute Gasteiger partial charge is 0.320 e. The minimum atomic E-state index is -0.460. The first-order valence-electron chi connectivity index (χ1n) is 16.4. The molecular formula is C36H64BrNO6. The Morgan fingerprint density at radius 3 is 0.977 bits per heavy atom. The third-order valence-electron chi connectivity index (χ3n) is 7.32. The monoisotopic (exact) mass is 685 g/mol. The van der Waals surface area contributed by atoms with Gasteiger partial charge in [-0.05, 0) is 117 Å². The van der Waals surface area contributed by atoms with Gasteiger partial charge in [0.05, 0.1) is 39.5 Å². The van der Waals surface area contributed by atoms with Crippen molar-refractivity contribution in [2.24, 2.45) is 17.8 Å². The van der Waals surface area contributed by atoms with E-state index < -0.39 is 17.9 Å². The Balaban J connectivity index is 0. The molecule has 0 amide bonds. The fraction of sp³-hybridized carbons (Fsp3) is 0.750. The van der Waals surface area contributed by atoms with Crippen LogP contribution in [0.25, 0.3) is 0 Å². The minimum Gasteiger partial charge on any atom is -0.465 e. The zero-order valence-corrected chi connectivity index (χ0v) is 31.1. The van der Waals surface area contributed by atoms with Crippen LogP contribution in [0.4, 0.5) is 0 Å². The van der Waals surface area contributed by atoms with Crippen molar-refractivity contribution in [2.75, 3.05) is 39.5 Å². The van der Waals surface area contributed by atoms with E-state index in [9.17, 15) is 14.4 Å².